The zero-order valence-electron chi connectivity index (χ0n) is 19.3. The molecule has 0 amide bonds. The number of benzene rings is 4. The van der Waals surface area contributed by atoms with Crippen LogP contribution in [0.1, 0.15) is 44.5 Å². The standard InChI is InChI=1S/C33H22N2/c1-3-7-25-19(5-1)13-21-9-10-22-15-26-27(32(22)31(21)25)16-23-14-20-6-2-4-8-29(20)35-30-11-12-34-18-24(30)17-28(26)33(23)35/h1-12,16,18H,13-15,17H2. The zero-order chi connectivity index (χ0) is 22.7. The molecule has 0 saturated carbocycles. The fraction of sp³-hybridized carbons (Fsp3) is 0.121. The Morgan fingerprint density at radius 2 is 1.26 bits per heavy atom. The first kappa shape index (κ1) is 18.2. The maximum absolute atomic E-state index is 4.51. The van der Waals surface area contributed by atoms with Gasteiger partial charge in [-0.3, -0.25) is 4.98 Å². The monoisotopic (exact) mass is 446 g/mol. The molecular weight excluding hydrogens is 424 g/mol. The van der Waals surface area contributed by atoms with E-state index in [1.165, 1.54) is 83.8 Å². The van der Waals surface area contributed by atoms with Gasteiger partial charge >= 0.3 is 0 Å². The van der Waals surface area contributed by atoms with Crippen molar-refractivity contribution in [3.8, 4) is 22.3 Å². The Hall–Kier alpha value is -4.17. The van der Waals surface area contributed by atoms with Crippen molar-refractivity contribution < 1.29 is 0 Å². The normalized spacial score (nSPS) is 14.9. The van der Waals surface area contributed by atoms with E-state index in [4.69, 9.17) is 0 Å². The van der Waals surface area contributed by atoms with Crippen molar-refractivity contribution in [2.75, 3.05) is 4.90 Å². The largest absolute Gasteiger partial charge is 0.309 e. The highest BCUT2D eigenvalue weighted by molar-refractivity contribution is 5.99. The van der Waals surface area contributed by atoms with Crippen molar-refractivity contribution in [1.29, 1.82) is 0 Å². The predicted octanol–water partition coefficient (Wildman–Crippen LogP) is 7.50. The van der Waals surface area contributed by atoms with E-state index in [1.807, 2.05) is 6.20 Å². The second-order valence-corrected chi connectivity index (χ2v) is 10.4. The molecule has 0 atom stereocenters. The van der Waals surface area contributed by atoms with E-state index in [2.05, 4.69) is 88.9 Å². The van der Waals surface area contributed by atoms with Gasteiger partial charge in [0.15, 0.2) is 0 Å². The SMILES string of the molecule is c1ccc2c(c1)Cc1ccc3c(c1-2)-c1cc2c4c(c1C3)Cc1cnccc1N4c1ccccc1C2. The number of anilines is 3. The average Bonchev–Trinajstić information content (AvgIpc) is 3.46. The molecule has 9 rings (SSSR count). The summed E-state index contributed by atoms with van der Waals surface area (Å²) in [6.07, 6.45) is 8.03. The molecule has 164 valence electrons. The minimum absolute atomic E-state index is 0.958. The Morgan fingerprint density at radius 1 is 0.543 bits per heavy atom. The quantitative estimate of drug-likeness (QED) is 0.240. The van der Waals surface area contributed by atoms with E-state index >= 15 is 0 Å². The van der Waals surface area contributed by atoms with Gasteiger partial charge in [0.1, 0.15) is 0 Å². The van der Waals surface area contributed by atoms with Crippen molar-refractivity contribution in [2.45, 2.75) is 25.7 Å². The van der Waals surface area contributed by atoms with Gasteiger partial charge in [-0.15, -0.1) is 0 Å². The molecular formula is C33H22N2. The van der Waals surface area contributed by atoms with Crippen molar-refractivity contribution in [2.24, 2.45) is 0 Å². The highest BCUT2D eigenvalue weighted by Crippen LogP contribution is 2.56. The third-order valence-electron chi connectivity index (χ3n) is 8.60. The molecule has 4 aliphatic rings. The minimum Gasteiger partial charge on any atom is -0.309 e. The van der Waals surface area contributed by atoms with Crippen LogP contribution in [0.5, 0.6) is 0 Å². The van der Waals surface area contributed by atoms with E-state index in [0.717, 1.165) is 25.7 Å². The summed E-state index contributed by atoms with van der Waals surface area (Å²) in [5, 5.41) is 0. The number of aromatic nitrogens is 1. The smallest absolute Gasteiger partial charge is 0.0535 e. The molecule has 0 spiro atoms. The van der Waals surface area contributed by atoms with Crippen LogP contribution in [-0.2, 0) is 25.7 Å². The van der Waals surface area contributed by atoms with Gasteiger partial charge in [-0.05, 0) is 97.8 Å². The fourth-order valence-electron chi connectivity index (χ4n) is 7.19. The number of hydrogen-bond donors (Lipinski definition) is 0. The highest BCUT2D eigenvalue weighted by Gasteiger charge is 2.37. The van der Waals surface area contributed by atoms with Crippen LogP contribution in [0.2, 0.25) is 0 Å². The molecule has 4 aromatic carbocycles. The predicted molar refractivity (Wildman–Crippen MR) is 141 cm³/mol. The summed E-state index contributed by atoms with van der Waals surface area (Å²) in [6, 6.07) is 27.4. The first-order valence-electron chi connectivity index (χ1n) is 12.6. The van der Waals surface area contributed by atoms with Gasteiger partial charge in [0, 0.05) is 30.9 Å². The first-order valence-corrected chi connectivity index (χ1v) is 12.6. The van der Waals surface area contributed by atoms with Crippen LogP contribution in [0, 0.1) is 0 Å². The molecule has 2 nitrogen and oxygen atoms in total. The van der Waals surface area contributed by atoms with Gasteiger partial charge < -0.3 is 4.90 Å². The van der Waals surface area contributed by atoms with Crippen LogP contribution < -0.4 is 4.90 Å². The summed E-state index contributed by atoms with van der Waals surface area (Å²) < 4.78 is 0. The number of para-hydroxylation sites is 1. The maximum Gasteiger partial charge on any atom is 0.0535 e. The Labute approximate surface area is 204 Å². The Bertz CT molecular complexity index is 1750. The molecule has 0 unspecified atom stereocenters. The molecule has 0 fully saturated rings. The second-order valence-electron chi connectivity index (χ2n) is 10.4. The van der Waals surface area contributed by atoms with E-state index in [9.17, 15) is 0 Å². The number of fused-ring (bicyclic) bond motifs is 12. The molecule has 2 aliphatic heterocycles. The lowest BCUT2D eigenvalue weighted by Crippen LogP contribution is -2.25. The summed E-state index contributed by atoms with van der Waals surface area (Å²) in [6.45, 7) is 0. The van der Waals surface area contributed by atoms with E-state index in [0.29, 0.717) is 0 Å². The lowest BCUT2D eigenvalue weighted by Gasteiger charge is -2.40. The van der Waals surface area contributed by atoms with Crippen LogP contribution in [0.25, 0.3) is 22.3 Å². The van der Waals surface area contributed by atoms with Gasteiger partial charge in [-0.25, -0.2) is 0 Å². The van der Waals surface area contributed by atoms with Crippen LogP contribution >= 0.6 is 0 Å². The third-order valence-corrected chi connectivity index (χ3v) is 8.60. The second kappa shape index (κ2) is 6.28. The molecule has 5 aromatic rings. The van der Waals surface area contributed by atoms with Crippen molar-refractivity contribution in [3.05, 3.63) is 130 Å². The van der Waals surface area contributed by atoms with Crippen molar-refractivity contribution >= 4 is 17.1 Å². The lowest BCUT2D eigenvalue weighted by molar-refractivity contribution is 0.984. The molecule has 0 saturated heterocycles. The molecule has 2 aliphatic carbocycles. The molecule has 0 bridgehead atoms. The molecule has 0 N–H and O–H groups in total. The summed E-state index contributed by atoms with van der Waals surface area (Å²) in [7, 11) is 0. The minimum atomic E-state index is 0.958. The molecule has 0 radical (unpaired) electrons. The van der Waals surface area contributed by atoms with Gasteiger partial charge in [-0.2, -0.15) is 0 Å². The van der Waals surface area contributed by atoms with E-state index in [1.54, 1.807) is 0 Å². The highest BCUT2D eigenvalue weighted by atomic mass is 15.2. The van der Waals surface area contributed by atoms with Crippen LogP contribution in [0.3, 0.4) is 0 Å². The molecule has 3 heterocycles. The topological polar surface area (TPSA) is 16.1 Å². The summed E-state index contributed by atoms with van der Waals surface area (Å²) >= 11 is 0. The maximum atomic E-state index is 4.51. The van der Waals surface area contributed by atoms with Crippen LogP contribution in [0.4, 0.5) is 17.1 Å². The lowest BCUT2D eigenvalue weighted by atomic mass is 9.82. The number of nitrogens with zero attached hydrogens (tertiary/aromatic N) is 2. The number of rotatable bonds is 0. The van der Waals surface area contributed by atoms with Gasteiger partial charge in [0.2, 0.25) is 0 Å². The average molecular weight is 447 g/mol. The van der Waals surface area contributed by atoms with Gasteiger partial charge in [0.25, 0.3) is 0 Å². The van der Waals surface area contributed by atoms with Crippen LogP contribution in [0.15, 0.2) is 85.2 Å². The zero-order valence-corrected chi connectivity index (χ0v) is 19.3. The van der Waals surface area contributed by atoms with Gasteiger partial charge in [-0.1, -0.05) is 54.6 Å². The van der Waals surface area contributed by atoms with Crippen LogP contribution in [-0.4, -0.2) is 4.98 Å². The number of hydrogen-bond acceptors (Lipinski definition) is 2. The first-order chi connectivity index (χ1) is 17.3. The van der Waals surface area contributed by atoms with E-state index in [-0.39, 0.29) is 0 Å². The Kier molecular flexibility index (Phi) is 3.27. The summed E-state index contributed by atoms with van der Waals surface area (Å²) in [5.74, 6) is 0. The summed E-state index contributed by atoms with van der Waals surface area (Å²) in [5.41, 5.74) is 21.5. The Balaban J connectivity index is 1.35. The molecule has 1 aromatic heterocycles. The van der Waals surface area contributed by atoms with Gasteiger partial charge in [0.05, 0.1) is 11.4 Å². The Morgan fingerprint density at radius 3 is 2.20 bits per heavy atom. The molecule has 2 heteroatoms. The van der Waals surface area contributed by atoms with Crippen molar-refractivity contribution in [3.63, 3.8) is 0 Å². The van der Waals surface area contributed by atoms with Crippen molar-refractivity contribution in [1.82, 2.24) is 4.98 Å². The fourth-order valence-corrected chi connectivity index (χ4v) is 7.19. The third kappa shape index (κ3) is 2.23. The van der Waals surface area contributed by atoms with E-state index < -0.39 is 0 Å². The summed E-state index contributed by atoms with van der Waals surface area (Å²) in [4.78, 5) is 7.04. The molecule has 35 heavy (non-hydrogen) atoms. The number of pyridine rings is 1.